The van der Waals surface area contributed by atoms with Crippen molar-refractivity contribution < 1.29 is 26.4 Å². The molecule has 1 fully saturated rings. The molecule has 9 heteroatoms. The molecule has 2 N–H and O–H groups in total. The smallest absolute Gasteiger partial charge is 0.315 e. The monoisotopic (exact) mass is 288 g/mol. The fourth-order valence-electron chi connectivity index (χ4n) is 1.60. The normalized spacial score (nSPS) is 25.4. The molecule has 0 radical (unpaired) electrons. The van der Waals surface area contributed by atoms with Gasteiger partial charge in [0.2, 0.25) is 15.9 Å². The molecular formula is C9H15F3N2O3S. The van der Waals surface area contributed by atoms with E-state index in [9.17, 15) is 26.4 Å². The third kappa shape index (κ3) is 2.61. The van der Waals surface area contributed by atoms with E-state index in [4.69, 9.17) is 0 Å². The van der Waals surface area contributed by atoms with Crippen molar-refractivity contribution in [3.8, 4) is 0 Å². The summed E-state index contributed by atoms with van der Waals surface area (Å²) in [4.78, 5) is 11.7. The van der Waals surface area contributed by atoms with E-state index in [0.717, 1.165) is 0 Å². The van der Waals surface area contributed by atoms with E-state index in [1.165, 1.54) is 18.6 Å². The van der Waals surface area contributed by atoms with Gasteiger partial charge in [-0.2, -0.15) is 13.2 Å². The molecular weight excluding hydrogens is 273 g/mol. The molecule has 1 aliphatic rings. The average molecular weight is 288 g/mol. The van der Waals surface area contributed by atoms with Gasteiger partial charge in [-0.05, 0) is 26.8 Å². The third-order valence-corrected chi connectivity index (χ3v) is 4.70. The number of carbonyl (C=O) groups excluding carboxylic acids is 1. The van der Waals surface area contributed by atoms with Crippen molar-refractivity contribution in [3.63, 3.8) is 0 Å². The maximum atomic E-state index is 12.9. The van der Waals surface area contributed by atoms with Gasteiger partial charge in [-0.3, -0.25) is 9.52 Å². The van der Waals surface area contributed by atoms with Crippen LogP contribution in [0.5, 0.6) is 0 Å². The highest BCUT2D eigenvalue weighted by atomic mass is 32.2. The fourth-order valence-corrected chi connectivity index (χ4v) is 2.29. The van der Waals surface area contributed by atoms with Gasteiger partial charge in [-0.1, -0.05) is 0 Å². The van der Waals surface area contributed by atoms with Gasteiger partial charge < -0.3 is 5.32 Å². The van der Waals surface area contributed by atoms with Crippen molar-refractivity contribution in [3.05, 3.63) is 0 Å². The second-order valence-electron chi connectivity index (χ2n) is 4.53. The maximum absolute atomic E-state index is 12.9. The van der Waals surface area contributed by atoms with Crippen molar-refractivity contribution in [1.82, 2.24) is 10.0 Å². The summed E-state index contributed by atoms with van der Waals surface area (Å²) in [7, 11) is -4.06. The van der Waals surface area contributed by atoms with Crippen molar-refractivity contribution in [2.75, 3.05) is 13.1 Å². The number of rotatable bonds is 3. The van der Waals surface area contributed by atoms with Crippen LogP contribution in [-0.4, -0.2) is 38.8 Å². The van der Waals surface area contributed by atoms with E-state index in [-0.39, 0.29) is 6.54 Å². The summed E-state index contributed by atoms with van der Waals surface area (Å²) in [5.74, 6) is -1.51. The molecule has 1 aliphatic heterocycles. The van der Waals surface area contributed by atoms with E-state index in [2.05, 4.69) is 5.32 Å². The Hall–Kier alpha value is -0.830. The second kappa shape index (κ2) is 4.69. The first-order chi connectivity index (χ1) is 8.03. The lowest BCUT2D eigenvalue weighted by Crippen LogP contribution is -2.54. The highest BCUT2D eigenvalue weighted by Crippen LogP contribution is 2.43. The predicted molar refractivity (Wildman–Crippen MR) is 58.2 cm³/mol. The minimum absolute atomic E-state index is 0.0225. The molecule has 0 bridgehead atoms. The average Bonchev–Trinajstić information content (AvgIpc) is 2.64. The number of alkyl halides is 3. The Labute approximate surface area is 103 Å². The maximum Gasteiger partial charge on any atom is 0.404 e. The van der Waals surface area contributed by atoms with Crippen LogP contribution in [0.1, 0.15) is 20.3 Å². The summed E-state index contributed by atoms with van der Waals surface area (Å²) in [6.07, 6.45) is -5.25. The molecule has 5 nitrogen and oxygen atoms in total. The first-order valence-corrected chi connectivity index (χ1v) is 6.91. The molecule has 0 spiro atoms. The van der Waals surface area contributed by atoms with Gasteiger partial charge in [-0.15, -0.1) is 0 Å². The van der Waals surface area contributed by atoms with Crippen LogP contribution in [0.15, 0.2) is 0 Å². The first kappa shape index (κ1) is 15.2. The zero-order valence-electron chi connectivity index (χ0n) is 9.97. The Kier molecular flexibility index (Phi) is 3.97. The Morgan fingerprint density at radius 2 is 1.94 bits per heavy atom. The van der Waals surface area contributed by atoms with E-state index >= 15 is 0 Å². The van der Waals surface area contributed by atoms with E-state index in [1.807, 2.05) is 0 Å². The number of sulfonamides is 1. The van der Waals surface area contributed by atoms with Crippen LogP contribution in [0.25, 0.3) is 0 Å². The quantitative estimate of drug-likeness (QED) is 0.787. The lowest BCUT2D eigenvalue weighted by molar-refractivity contribution is -0.215. The molecule has 0 aromatic heterocycles. The lowest BCUT2D eigenvalue weighted by Gasteiger charge is -2.29. The highest BCUT2D eigenvalue weighted by molar-refractivity contribution is 7.90. The molecule has 106 valence electrons. The molecule has 1 saturated heterocycles. The van der Waals surface area contributed by atoms with Crippen LogP contribution in [0, 0.1) is 5.41 Å². The molecule has 1 unspecified atom stereocenters. The van der Waals surface area contributed by atoms with Gasteiger partial charge in [0.1, 0.15) is 0 Å². The van der Waals surface area contributed by atoms with Crippen LogP contribution < -0.4 is 10.0 Å². The Morgan fingerprint density at radius 1 is 1.39 bits per heavy atom. The largest absolute Gasteiger partial charge is 0.404 e. The standard InChI is InChI=1S/C9H15F3N2O3S/c1-6(2)18(16,17)14-7(15)8(9(10,11)12)3-4-13-5-8/h6,13H,3-5H2,1-2H3,(H,14,15). The van der Waals surface area contributed by atoms with E-state index in [1.54, 1.807) is 0 Å². The van der Waals surface area contributed by atoms with Gasteiger partial charge in [0, 0.05) is 6.54 Å². The van der Waals surface area contributed by atoms with E-state index in [0.29, 0.717) is 0 Å². The van der Waals surface area contributed by atoms with Crippen molar-refractivity contribution in [1.29, 1.82) is 0 Å². The molecule has 1 amide bonds. The van der Waals surface area contributed by atoms with Crippen LogP contribution in [0.4, 0.5) is 13.2 Å². The molecule has 0 saturated carbocycles. The minimum atomic E-state index is -4.78. The Bertz CT molecular complexity index is 425. The van der Waals surface area contributed by atoms with Crippen LogP contribution >= 0.6 is 0 Å². The number of halogens is 3. The summed E-state index contributed by atoms with van der Waals surface area (Å²) in [6, 6.07) is 0. The molecule has 18 heavy (non-hydrogen) atoms. The number of hydrogen-bond donors (Lipinski definition) is 2. The number of nitrogens with one attached hydrogen (secondary N) is 2. The minimum Gasteiger partial charge on any atom is -0.315 e. The van der Waals surface area contributed by atoms with Crippen molar-refractivity contribution >= 4 is 15.9 Å². The van der Waals surface area contributed by atoms with Gasteiger partial charge in [0.05, 0.1) is 5.25 Å². The SMILES string of the molecule is CC(C)S(=O)(=O)NC(=O)C1(C(F)(F)F)CCNC1. The zero-order chi connectivity index (χ0) is 14.2. The summed E-state index contributed by atoms with van der Waals surface area (Å²) < 4.78 is 63.3. The fraction of sp³-hybridized carbons (Fsp3) is 0.889. The topological polar surface area (TPSA) is 75.3 Å². The highest BCUT2D eigenvalue weighted by Gasteiger charge is 2.62. The molecule has 0 aliphatic carbocycles. The van der Waals surface area contributed by atoms with Crippen molar-refractivity contribution in [2.24, 2.45) is 5.41 Å². The van der Waals surface area contributed by atoms with E-state index < -0.39 is 45.7 Å². The molecule has 1 heterocycles. The van der Waals surface area contributed by atoms with Gasteiger partial charge in [0.15, 0.2) is 5.41 Å². The molecule has 0 aromatic carbocycles. The summed E-state index contributed by atoms with van der Waals surface area (Å²) in [6.45, 7) is 1.98. The lowest BCUT2D eigenvalue weighted by atomic mass is 9.85. The van der Waals surface area contributed by atoms with Crippen LogP contribution in [-0.2, 0) is 14.8 Å². The summed E-state index contributed by atoms with van der Waals surface area (Å²) >= 11 is 0. The molecule has 1 rings (SSSR count). The van der Waals surface area contributed by atoms with Gasteiger partial charge in [-0.25, -0.2) is 8.42 Å². The zero-order valence-corrected chi connectivity index (χ0v) is 10.8. The van der Waals surface area contributed by atoms with Crippen LogP contribution in [0.2, 0.25) is 0 Å². The van der Waals surface area contributed by atoms with Crippen LogP contribution in [0.3, 0.4) is 0 Å². The summed E-state index contributed by atoms with van der Waals surface area (Å²) in [5, 5.41) is 1.47. The molecule has 0 aromatic rings. The van der Waals surface area contributed by atoms with Gasteiger partial charge >= 0.3 is 6.18 Å². The second-order valence-corrected chi connectivity index (χ2v) is 6.77. The first-order valence-electron chi connectivity index (χ1n) is 5.36. The third-order valence-electron chi connectivity index (χ3n) is 2.99. The predicted octanol–water partition coefficient (Wildman–Crippen LogP) is 0.383. The number of carbonyl (C=O) groups is 1. The molecule has 1 atom stereocenters. The Balaban J connectivity index is 3.01. The van der Waals surface area contributed by atoms with Crippen molar-refractivity contribution in [2.45, 2.75) is 31.7 Å². The summed E-state index contributed by atoms with van der Waals surface area (Å²) in [5.41, 5.74) is -2.66. The Morgan fingerprint density at radius 3 is 2.28 bits per heavy atom. The number of amides is 1. The van der Waals surface area contributed by atoms with Gasteiger partial charge in [0.25, 0.3) is 0 Å². The number of hydrogen-bond acceptors (Lipinski definition) is 4.